The summed E-state index contributed by atoms with van der Waals surface area (Å²) in [7, 11) is 0. The first-order chi connectivity index (χ1) is 10.5. The number of nitrogens with zero attached hydrogens (tertiary/aromatic N) is 4. The molecule has 1 aromatic heterocycles. The Morgan fingerprint density at radius 1 is 1.36 bits per heavy atom. The zero-order chi connectivity index (χ0) is 16.1. The van der Waals surface area contributed by atoms with Crippen LogP contribution in [0.2, 0.25) is 0 Å². The number of aromatic nitrogens is 2. The molecule has 4 nitrogen and oxygen atoms in total. The Bertz CT molecular complexity index is 733. The molecule has 0 saturated carbocycles. The van der Waals surface area contributed by atoms with E-state index in [1.54, 1.807) is 0 Å². The van der Waals surface area contributed by atoms with Gasteiger partial charge in [-0.2, -0.15) is 0 Å². The first kappa shape index (κ1) is 15.8. The van der Waals surface area contributed by atoms with Gasteiger partial charge >= 0.3 is 0 Å². The third-order valence-corrected chi connectivity index (χ3v) is 3.38. The topological polar surface area (TPSA) is 50.5 Å². The van der Waals surface area contributed by atoms with E-state index in [1.807, 2.05) is 32.2 Å². The van der Waals surface area contributed by atoms with Gasteiger partial charge in [0.15, 0.2) is 5.82 Å². The summed E-state index contributed by atoms with van der Waals surface area (Å²) >= 11 is 0. The monoisotopic (exact) mass is 292 g/mol. The molecule has 0 unspecified atom stereocenters. The molecular weight excluding hydrogens is 272 g/mol. The molecule has 1 aromatic rings. The van der Waals surface area contributed by atoms with Gasteiger partial charge in [-0.3, -0.25) is 9.98 Å². The molecule has 2 heterocycles. The summed E-state index contributed by atoms with van der Waals surface area (Å²) in [4.78, 5) is 17.3. The van der Waals surface area contributed by atoms with Crippen LogP contribution in [0.3, 0.4) is 0 Å². The van der Waals surface area contributed by atoms with E-state index in [-0.39, 0.29) is 0 Å². The van der Waals surface area contributed by atoms with Crippen LogP contribution >= 0.6 is 0 Å². The Morgan fingerprint density at radius 2 is 2.14 bits per heavy atom. The maximum Gasteiger partial charge on any atom is 0.157 e. The number of aliphatic imine (C=N–C) groups is 2. The summed E-state index contributed by atoms with van der Waals surface area (Å²) in [6.45, 7) is 13.3. The fourth-order valence-electron chi connectivity index (χ4n) is 1.95. The lowest BCUT2D eigenvalue weighted by Crippen LogP contribution is -2.01. The summed E-state index contributed by atoms with van der Waals surface area (Å²) in [5, 5.41) is 0. The van der Waals surface area contributed by atoms with E-state index in [2.05, 4.69) is 52.3 Å². The highest BCUT2D eigenvalue weighted by Gasteiger charge is 2.14. The number of hydrogen-bond donors (Lipinski definition) is 0. The second kappa shape index (κ2) is 6.89. The number of allylic oxidation sites excluding steroid dienone is 5. The van der Waals surface area contributed by atoms with Crippen LogP contribution in [-0.4, -0.2) is 22.4 Å². The largest absolute Gasteiger partial charge is 0.263 e. The van der Waals surface area contributed by atoms with Crippen molar-refractivity contribution in [3.8, 4) is 0 Å². The molecule has 0 N–H and O–H groups in total. The van der Waals surface area contributed by atoms with Crippen molar-refractivity contribution in [2.45, 2.75) is 27.2 Å². The lowest BCUT2D eigenvalue weighted by atomic mass is 10.1. The van der Waals surface area contributed by atoms with E-state index >= 15 is 0 Å². The molecule has 0 aliphatic carbocycles. The van der Waals surface area contributed by atoms with E-state index < -0.39 is 0 Å². The molecule has 0 atom stereocenters. The first-order valence-electron chi connectivity index (χ1n) is 7.12. The smallest absolute Gasteiger partial charge is 0.157 e. The van der Waals surface area contributed by atoms with Crippen LogP contribution in [0, 0.1) is 6.92 Å². The molecule has 112 valence electrons. The predicted octanol–water partition coefficient (Wildman–Crippen LogP) is 4.16. The van der Waals surface area contributed by atoms with Crippen LogP contribution in [0.1, 0.15) is 37.5 Å². The fraction of sp³-hybridized carbons (Fsp3) is 0.222. The van der Waals surface area contributed by atoms with Crippen LogP contribution in [0.4, 0.5) is 0 Å². The molecule has 2 rings (SSSR count). The van der Waals surface area contributed by atoms with Crippen molar-refractivity contribution >= 4 is 23.7 Å². The Labute approximate surface area is 131 Å². The van der Waals surface area contributed by atoms with Gasteiger partial charge in [0.1, 0.15) is 0 Å². The molecule has 1 aliphatic rings. The summed E-state index contributed by atoms with van der Waals surface area (Å²) in [6.07, 6.45) is 8.70. The maximum absolute atomic E-state index is 4.51. The third kappa shape index (κ3) is 3.73. The Morgan fingerprint density at radius 3 is 2.82 bits per heavy atom. The summed E-state index contributed by atoms with van der Waals surface area (Å²) in [6, 6.07) is 1.85. The highest BCUT2D eigenvalue weighted by molar-refractivity contribution is 6.04. The van der Waals surface area contributed by atoms with Crippen molar-refractivity contribution in [2.24, 2.45) is 9.98 Å². The van der Waals surface area contributed by atoms with Gasteiger partial charge in [0.25, 0.3) is 0 Å². The SMILES string of the molecule is C=NC(=C)c1cc(C)nc(C2=CN=C(/C=C\C(C)=C/C)C2)n1. The van der Waals surface area contributed by atoms with E-state index in [9.17, 15) is 0 Å². The lowest BCUT2D eigenvalue weighted by Gasteiger charge is -2.06. The maximum atomic E-state index is 4.51. The molecule has 4 heteroatoms. The molecule has 0 fully saturated rings. The normalized spacial score (nSPS) is 15.0. The van der Waals surface area contributed by atoms with Crippen LogP contribution in [0.15, 0.2) is 52.6 Å². The predicted molar refractivity (Wildman–Crippen MR) is 94.0 cm³/mol. The highest BCUT2D eigenvalue weighted by Crippen LogP contribution is 2.23. The number of aryl methyl sites for hydroxylation is 1. The number of rotatable bonds is 5. The molecule has 0 radical (unpaired) electrons. The van der Waals surface area contributed by atoms with Crippen LogP contribution in [0.25, 0.3) is 11.3 Å². The molecule has 22 heavy (non-hydrogen) atoms. The first-order valence-corrected chi connectivity index (χ1v) is 7.12. The summed E-state index contributed by atoms with van der Waals surface area (Å²) in [5.74, 6) is 0.676. The van der Waals surface area contributed by atoms with Gasteiger partial charge in [0, 0.05) is 29.6 Å². The van der Waals surface area contributed by atoms with Gasteiger partial charge in [-0.1, -0.05) is 24.3 Å². The minimum absolute atomic E-state index is 0.551. The van der Waals surface area contributed by atoms with E-state index in [1.165, 1.54) is 5.57 Å². The highest BCUT2D eigenvalue weighted by atomic mass is 14.9. The zero-order valence-electron chi connectivity index (χ0n) is 13.3. The standard InChI is InChI=1S/C18H20N4/c1-6-12(2)7-8-16-10-15(11-20-16)18-21-13(3)9-17(22-18)14(4)19-5/h6-9,11H,4-5,10H2,1-3H3/b8-7-,12-6-. The molecule has 1 aliphatic heterocycles. The molecule has 0 saturated heterocycles. The van der Waals surface area contributed by atoms with Gasteiger partial charge < -0.3 is 0 Å². The Hall–Kier alpha value is -2.62. The van der Waals surface area contributed by atoms with Crippen molar-refractivity contribution in [1.29, 1.82) is 0 Å². The van der Waals surface area contributed by atoms with E-state index in [4.69, 9.17) is 0 Å². The average molecular weight is 292 g/mol. The second-order valence-electron chi connectivity index (χ2n) is 5.14. The number of hydrogen-bond acceptors (Lipinski definition) is 4. The van der Waals surface area contributed by atoms with Crippen molar-refractivity contribution in [2.75, 3.05) is 0 Å². The zero-order valence-corrected chi connectivity index (χ0v) is 13.3. The van der Waals surface area contributed by atoms with Crippen molar-refractivity contribution < 1.29 is 0 Å². The molecule has 0 amide bonds. The lowest BCUT2D eigenvalue weighted by molar-refractivity contribution is 1.04. The van der Waals surface area contributed by atoms with Crippen molar-refractivity contribution in [3.63, 3.8) is 0 Å². The Balaban J connectivity index is 2.19. The van der Waals surface area contributed by atoms with E-state index in [0.29, 0.717) is 17.2 Å². The van der Waals surface area contributed by atoms with Gasteiger partial charge in [-0.15, -0.1) is 0 Å². The van der Waals surface area contributed by atoms with Crippen LogP contribution < -0.4 is 0 Å². The summed E-state index contributed by atoms with van der Waals surface area (Å²) < 4.78 is 0. The van der Waals surface area contributed by atoms with Gasteiger partial charge in [0.05, 0.1) is 11.4 Å². The van der Waals surface area contributed by atoms with Crippen LogP contribution in [0.5, 0.6) is 0 Å². The van der Waals surface area contributed by atoms with Gasteiger partial charge in [0.2, 0.25) is 0 Å². The second-order valence-corrected chi connectivity index (χ2v) is 5.14. The quantitative estimate of drug-likeness (QED) is 0.604. The van der Waals surface area contributed by atoms with Crippen LogP contribution in [-0.2, 0) is 0 Å². The third-order valence-electron chi connectivity index (χ3n) is 3.38. The average Bonchev–Trinajstić information content (AvgIpc) is 3.00. The Kier molecular flexibility index (Phi) is 4.94. The van der Waals surface area contributed by atoms with Gasteiger partial charge in [-0.25, -0.2) is 9.97 Å². The van der Waals surface area contributed by atoms with E-state index in [0.717, 1.165) is 23.4 Å². The minimum Gasteiger partial charge on any atom is -0.263 e. The molecule has 0 spiro atoms. The molecular formula is C18H20N4. The summed E-state index contributed by atoms with van der Waals surface area (Å²) in [5.41, 5.74) is 5.34. The molecule has 0 bridgehead atoms. The van der Waals surface area contributed by atoms with Gasteiger partial charge in [-0.05, 0) is 39.6 Å². The minimum atomic E-state index is 0.551. The van der Waals surface area contributed by atoms with Crippen molar-refractivity contribution in [3.05, 3.63) is 59.9 Å². The fourth-order valence-corrected chi connectivity index (χ4v) is 1.95. The van der Waals surface area contributed by atoms with Crippen molar-refractivity contribution in [1.82, 2.24) is 9.97 Å². The molecule has 0 aromatic carbocycles.